The van der Waals surface area contributed by atoms with Gasteiger partial charge in [-0.1, -0.05) is 54.6 Å². The summed E-state index contributed by atoms with van der Waals surface area (Å²) in [5.74, 6) is -0.718. The molecular weight excluding hydrogens is 497 g/mol. The Hall–Kier alpha value is -3.00. The van der Waals surface area contributed by atoms with Crippen LogP contribution in [0, 0.1) is 0 Å². The Kier molecular flexibility index (Phi) is 9.65. The van der Waals surface area contributed by atoms with Crippen molar-refractivity contribution in [1.82, 2.24) is 5.32 Å². The number of benzene rings is 2. The molecule has 0 fully saturated rings. The number of esters is 1. The molecule has 1 amide bonds. The van der Waals surface area contributed by atoms with Crippen LogP contribution >= 0.6 is 7.60 Å². The number of alkyl carbamates (subject to hydrolysis) is 1. The van der Waals surface area contributed by atoms with Crippen molar-refractivity contribution in [2.24, 2.45) is 0 Å². The zero-order chi connectivity index (χ0) is 28.7. The number of hydrogen-bond donors (Lipinski definition) is 1. The Balaban J connectivity index is 2.17. The maximum absolute atomic E-state index is 13.5. The van der Waals surface area contributed by atoms with Crippen molar-refractivity contribution in [3.63, 3.8) is 0 Å². The molecule has 0 bridgehead atoms. The molecule has 0 aliphatic heterocycles. The first-order valence-corrected chi connectivity index (χ1v) is 13.2. The van der Waals surface area contributed by atoms with Crippen molar-refractivity contribution in [1.29, 1.82) is 0 Å². The van der Waals surface area contributed by atoms with Gasteiger partial charge in [0.1, 0.15) is 12.6 Å². The monoisotopic (exact) mass is 534 g/mol. The van der Waals surface area contributed by atoms with Crippen LogP contribution < -0.4 is 5.32 Å². The second kappa shape index (κ2) is 12.5. The summed E-state index contributed by atoms with van der Waals surface area (Å²) in [4.78, 5) is 37.9. The molecule has 9 nitrogen and oxygen atoms in total. The molecule has 0 aliphatic carbocycles. The zero-order valence-corrected chi connectivity index (χ0v) is 23.2. The minimum absolute atomic E-state index is 0.0128. The lowest BCUT2D eigenvalue weighted by Crippen LogP contribution is -2.43. The maximum atomic E-state index is 13.5. The number of ether oxygens (including phenoxy) is 2. The third-order valence-electron chi connectivity index (χ3n) is 4.56. The standard InChI is InChI=1S/C27H36NO8P/c1-26(2,3)35-37(32,36-27(4,5)6)24(30)21-15-13-19(14-16-21)17-22(23(29)33-7)28-25(31)34-18-20-11-9-8-10-12-20/h8-16,22H,17-18H2,1-7H3,(H,28,31)/t22-/m0/s1/i18D/t18?,22-. The van der Waals surface area contributed by atoms with Crippen LogP contribution in [-0.2, 0) is 40.9 Å². The summed E-state index contributed by atoms with van der Waals surface area (Å²) in [6.07, 6.45) is -0.950. The fraction of sp³-hybridized carbons (Fsp3) is 0.444. The summed E-state index contributed by atoms with van der Waals surface area (Å²) < 4.78 is 42.6. The molecule has 2 aromatic carbocycles. The molecule has 2 aromatic rings. The molecule has 0 saturated carbocycles. The molecule has 0 saturated heterocycles. The molecule has 0 spiro atoms. The van der Waals surface area contributed by atoms with Gasteiger partial charge >= 0.3 is 19.7 Å². The van der Waals surface area contributed by atoms with Crippen LogP contribution in [0.4, 0.5) is 4.79 Å². The van der Waals surface area contributed by atoms with Gasteiger partial charge in [0.05, 0.1) is 19.7 Å². The Bertz CT molecular complexity index is 1140. The van der Waals surface area contributed by atoms with E-state index in [1.54, 1.807) is 84.0 Å². The normalized spacial score (nSPS) is 14.2. The summed E-state index contributed by atoms with van der Waals surface area (Å²) in [6.45, 7) is 8.78. The van der Waals surface area contributed by atoms with Gasteiger partial charge in [0.2, 0.25) is 0 Å². The molecule has 2 atom stereocenters. The Morgan fingerprint density at radius 1 is 0.892 bits per heavy atom. The van der Waals surface area contributed by atoms with E-state index < -0.39 is 49.0 Å². The number of carbonyl (C=O) groups is 3. The lowest BCUT2D eigenvalue weighted by Gasteiger charge is -2.31. The van der Waals surface area contributed by atoms with Crippen LogP contribution in [0.15, 0.2) is 54.6 Å². The minimum Gasteiger partial charge on any atom is -0.467 e. The van der Waals surface area contributed by atoms with Crippen LogP contribution in [0.25, 0.3) is 0 Å². The molecular formula is C27H36NO8P. The molecule has 1 N–H and O–H groups in total. The lowest BCUT2D eigenvalue weighted by atomic mass is 10.0. The van der Waals surface area contributed by atoms with E-state index in [0.29, 0.717) is 11.1 Å². The molecule has 0 aliphatic rings. The Morgan fingerprint density at radius 2 is 1.43 bits per heavy atom. The third-order valence-corrected chi connectivity index (χ3v) is 6.89. The number of amides is 1. The predicted molar refractivity (Wildman–Crippen MR) is 139 cm³/mol. The number of rotatable bonds is 10. The molecule has 0 heterocycles. The minimum atomic E-state index is -4.20. The van der Waals surface area contributed by atoms with Crippen molar-refractivity contribution in [2.75, 3.05) is 7.11 Å². The van der Waals surface area contributed by atoms with Crippen LogP contribution in [0.3, 0.4) is 0 Å². The van der Waals surface area contributed by atoms with E-state index in [4.69, 9.17) is 19.9 Å². The molecule has 37 heavy (non-hydrogen) atoms. The Morgan fingerprint density at radius 3 is 1.92 bits per heavy atom. The fourth-order valence-corrected chi connectivity index (χ4v) is 5.28. The molecule has 202 valence electrons. The van der Waals surface area contributed by atoms with Crippen molar-refractivity contribution >= 4 is 25.2 Å². The van der Waals surface area contributed by atoms with Crippen molar-refractivity contribution in [3.05, 3.63) is 71.3 Å². The summed E-state index contributed by atoms with van der Waals surface area (Å²) in [6, 6.07) is 13.4. The van der Waals surface area contributed by atoms with Gasteiger partial charge in [0, 0.05) is 12.0 Å². The highest BCUT2D eigenvalue weighted by Crippen LogP contribution is 2.56. The van der Waals surface area contributed by atoms with Crippen LogP contribution in [0.5, 0.6) is 0 Å². The van der Waals surface area contributed by atoms with Crippen LogP contribution in [0.2, 0.25) is 0 Å². The average Bonchev–Trinajstić information content (AvgIpc) is 2.81. The third kappa shape index (κ3) is 10.1. The van der Waals surface area contributed by atoms with E-state index in [1.807, 2.05) is 0 Å². The quantitative estimate of drug-likeness (QED) is 0.307. The maximum Gasteiger partial charge on any atom is 0.408 e. The highest BCUT2D eigenvalue weighted by molar-refractivity contribution is 7.72. The van der Waals surface area contributed by atoms with Gasteiger partial charge in [-0.3, -0.25) is 18.4 Å². The van der Waals surface area contributed by atoms with E-state index in [9.17, 15) is 18.9 Å². The van der Waals surface area contributed by atoms with E-state index >= 15 is 0 Å². The van der Waals surface area contributed by atoms with Gasteiger partial charge in [0.15, 0.2) is 0 Å². The van der Waals surface area contributed by atoms with Gasteiger partial charge < -0.3 is 14.8 Å². The number of nitrogens with one attached hydrogen (secondary N) is 1. The smallest absolute Gasteiger partial charge is 0.408 e. The summed E-state index contributed by atoms with van der Waals surface area (Å²) in [7, 11) is -3.02. The van der Waals surface area contributed by atoms with Crippen molar-refractivity contribution < 1.29 is 38.8 Å². The SMILES string of the molecule is [2H]C(OC(=O)N[C@@H](Cc1ccc(C(=O)P(=O)(OC(C)(C)C)OC(C)(C)C)cc1)C(=O)OC)c1ccccc1. The average molecular weight is 535 g/mol. The molecule has 1 unspecified atom stereocenters. The topological polar surface area (TPSA) is 117 Å². The number of methoxy groups -OCH3 is 1. The second-order valence-electron chi connectivity index (χ2n) is 10.3. The van der Waals surface area contributed by atoms with Gasteiger partial charge in [-0.2, -0.15) is 0 Å². The summed E-state index contributed by atoms with van der Waals surface area (Å²) in [5, 5.41) is 2.42. The Labute approximate surface area is 219 Å². The first-order chi connectivity index (χ1) is 17.5. The summed E-state index contributed by atoms with van der Waals surface area (Å²) in [5.41, 5.74) is -1.44. The zero-order valence-electron chi connectivity index (χ0n) is 23.3. The predicted octanol–water partition coefficient (Wildman–Crippen LogP) is 5.66. The molecule has 0 aromatic heterocycles. The summed E-state index contributed by atoms with van der Waals surface area (Å²) >= 11 is 0. The molecule has 2 rings (SSSR count). The van der Waals surface area contributed by atoms with Gasteiger partial charge in [0.25, 0.3) is 5.52 Å². The van der Waals surface area contributed by atoms with Gasteiger partial charge in [-0.25, -0.2) is 9.59 Å². The van der Waals surface area contributed by atoms with E-state index in [1.165, 1.54) is 19.2 Å². The molecule has 10 heteroatoms. The highest BCUT2D eigenvalue weighted by atomic mass is 31.2. The van der Waals surface area contributed by atoms with Gasteiger partial charge in [-0.05, 0) is 52.7 Å². The van der Waals surface area contributed by atoms with E-state index in [0.717, 1.165) is 0 Å². The van der Waals surface area contributed by atoms with E-state index in [-0.39, 0.29) is 12.0 Å². The number of hydrogen-bond acceptors (Lipinski definition) is 8. The van der Waals surface area contributed by atoms with Crippen LogP contribution in [0.1, 0.15) is 64.4 Å². The largest absolute Gasteiger partial charge is 0.467 e. The number of carbonyl (C=O) groups excluding carboxylic acids is 3. The fourth-order valence-electron chi connectivity index (χ4n) is 3.16. The molecule has 0 radical (unpaired) electrons. The highest BCUT2D eigenvalue weighted by Gasteiger charge is 2.43. The van der Waals surface area contributed by atoms with Crippen LogP contribution in [-0.4, -0.2) is 41.9 Å². The van der Waals surface area contributed by atoms with Crippen molar-refractivity contribution in [3.8, 4) is 0 Å². The first-order valence-electron chi connectivity index (χ1n) is 12.3. The second-order valence-corrected chi connectivity index (χ2v) is 12.0. The van der Waals surface area contributed by atoms with Gasteiger partial charge in [-0.15, -0.1) is 0 Å². The van der Waals surface area contributed by atoms with Crippen molar-refractivity contribution in [2.45, 2.75) is 71.8 Å². The first kappa shape index (κ1) is 28.6. The van der Waals surface area contributed by atoms with E-state index in [2.05, 4.69) is 5.32 Å². The lowest BCUT2D eigenvalue weighted by molar-refractivity contribution is -0.143.